The molecular weight excluding hydrogens is 312 g/mol. The van der Waals surface area contributed by atoms with E-state index in [-0.39, 0.29) is 5.56 Å². The van der Waals surface area contributed by atoms with E-state index in [2.05, 4.69) is 48.5 Å². The maximum Gasteiger partial charge on any atom is 0.335 e. The topological polar surface area (TPSA) is 54.6 Å². The predicted octanol–water partition coefficient (Wildman–Crippen LogP) is 4.85. The summed E-state index contributed by atoms with van der Waals surface area (Å²) in [5.41, 5.74) is 6.69. The Morgan fingerprint density at radius 3 is 2.36 bits per heavy atom. The number of para-hydroxylation sites is 1. The van der Waals surface area contributed by atoms with Gasteiger partial charge in [0, 0.05) is 28.9 Å². The Bertz CT molecular complexity index is 951. The van der Waals surface area contributed by atoms with E-state index >= 15 is 0 Å². The predicted molar refractivity (Wildman–Crippen MR) is 101 cm³/mol. The molecule has 1 N–H and O–H groups in total. The molecule has 0 aliphatic heterocycles. The van der Waals surface area contributed by atoms with E-state index in [4.69, 9.17) is 5.11 Å². The Morgan fingerprint density at radius 2 is 1.72 bits per heavy atom. The minimum atomic E-state index is -0.933. The molecule has 0 unspecified atom stereocenters. The number of hydrogen-bond acceptors (Lipinski definition) is 2. The van der Waals surface area contributed by atoms with E-state index in [1.165, 1.54) is 11.3 Å². The Kier molecular flexibility index (Phi) is 4.52. The summed E-state index contributed by atoms with van der Waals surface area (Å²) in [7, 11) is 0. The fraction of sp³-hybridized carbons (Fsp3) is 0.143. The molecule has 4 nitrogen and oxygen atoms in total. The molecule has 0 radical (unpaired) electrons. The zero-order chi connectivity index (χ0) is 18.0. The summed E-state index contributed by atoms with van der Waals surface area (Å²) in [6.45, 7) is 6.26. The number of nitrogens with zero attached hydrogens (tertiary/aromatic N) is 2. The first kappa shape index (κ1) is 16.7. The maximum absolute atomic E-state index is 10.9. The lowest BCUT2D eigenvalue weighted by Gasteiger charge is -2.12. The van der Waals surface area contributed by atoms with E-state index in [1.54, 1.807) is 24.3 Å². The molecule has 0 fully saturated rings. The van der Waals surface area contributed by atoms with Crippen molar-refractivity contribution < 1.29 is 9.90 Å². The van der Waals surface area contributed by atoms with Gasteiger partial charge in [-0.1, -0.05) is 18.2 Å². The van der Waals surface area contributed by atoms with Gasteiger partial charge in [0.15, 0.2) is 0 Å². The molecule has 0 aliphatic rings. The third kappa shape index (κ3) is 3.38. The van der Waals surface area contributed by atoms with Crippen molar-refractivity contribution in [3.63, 3.8) is 0 Å². The number of carboxylic acids is 1. The molecule has 3 aromatic rings. The van der Waals surface area contributed by atoms with Gasteiger partial charge in [-0.15, -0.1) is 0 Å². The van der Waals surface area contributed by atoms with Crippen molar-refractivity contribution in [2.45, 2.75) is 20.8 Å². The summed E-state index contributed by atoms with van der Waals surface area (Å²) < 4.78 is 2.23. The first-order chi connectivity index (χ1) is 12.0. The van der Waals surface area contributed by atoms with Gasteiger partial charge in [-0.25, -0.2) is 4.79 Å². The highest BCUT2D eigenvalue weighted by molar-refractivity contribution is 5.88. The van der Waals surface area contributed by atoms with Crippen LogP contribution in [-0.2, 0) is 0 Å². The van der Waals surface area contributed by atoms with Crippen molar-refractivity contribution in [1.29, 1.82) is 0 Å². The van der Waals surface area contributed by atoms with Gasteiger partial charge in [0.2, 0.25) is 0 Å². The molecule has 25 heavy (non-hydrogen) atoms. The van der Waals surface area contributed by atoms with Crippen LogP contribution in [0.25, 0.3) is 5.69 Å². The zero-order valence-electron chi connectivity index (χ0n) is 14.5. The molecule has 4 heteroatoms. The third-order valence-corrected chi connectivity index (χ3v) is 4.29. The lowest BCUT2D eigenvalue weighted by atomic mass is 10.2. The fourth-order valence-electron chi connectivity index (χ4n) is 2.94. The van der Waals surface area contributed by atoms with E-state index in [9.17, 15) is 4.79 Å². The first-order valence-corrected chi connectivity index (χ1v) is 8.10. The number of carbonyl (C=O) groups is 1. The molecule has 0 aliphatic carbocycles. The van der Waals surface area contributed by atoms with Gasteiger partial charge in [-0.2, -0.15) is 0 Å². The minimum Gasteiger partial charge on any atom is -0.478 e. The van der Waals surface area contributed by atoms with Gasteiger partial charge in [0.05, 0.1) is 11.3 Å². The monoisotopic (exact) mass is 332 g/mol. The summed E-state index contributed by atoms with van der Waals surface area (Å²) in [5, 5.41) is 8.94. The number of carboxylic acid groups (broad SMARTS) is 1. The minimum absolute atomic E-state index is 0.261. The Hall–Kier alpha value is -3.14. The molecule has 0 spiro atoms. The lowest BCUT2D eigenvalue weighted by Crippen LogP contribution is -2.01. The van der Waals surface area contributed by atoms with Gasteiger partial charge >= 0.3 is 5.97 Å². The number of rotatable bonds is 4. The average molecular weight is 332 g/mol. The molecular formula is C21H20N2O2. The Labute approximate surface area is 147 Å². The normalized spacial score (nSPS) is 11.2. The van der Waals surface area contributed by atoms with E-state index in [1.807, 2.05) is 18.3 Å². The Morgan fingerprint density at radius 1 is 1.04 bits per heavy atom. The van der Waals surface area contributed by atoms with Gasteiger partial charge in [0.25, 0.3) is 0 Å². The third-order valence-electron chi connectivity index (χ3n) is 4.29. The smallest absolute Gasteiger partial charge is 0.335 e. The lowest BCUT2D eigenvalue weighted by molar-refractivity contribution is 0.0697. The quantitative estimate of drug-likeness (QED) is 0.694. The molecule has 1 aromatic heterocycles. The number of benzene rings is 2. The Balaban J connectivity index is 1.93. The van der Waals surface area contributed by atoms with Crippen molar-refractivity contribution >= 4 is 17.9 Å². The average Bonchev–Trinajstić information content (AvgIpc) is 2.88. The molecule has 3 rings (SSSR count). The highest BCUT2D eigenvalue weighted by Gasteiger charge is 2.10. The summed E-state index contributed by atoms with van der Waals surface area (Å²) in [4.78, 5) is 15.4. The van der Waals surface area contributed by atoms with Crippen molar-refractivity contribution in [1.82, 2.24) is 4.57 Å². The number of aliphatic imine (C=N–C) groups is 1. The molecule has 0 atom stereocenters. The highest BCUT2D eigenvalue weighted by Crippen LogP contribution is 2.23. The molecule has 0 saturated carbocycles. The summed E-state index contributed by atoms with van der Waals surface area (Å²) in [5.74, 6) is -0.933. The van der Waals surface area contributed by atoms with E-state index in [0.29, 0.717) is 0 Å². The zero-order valence-corrected chi connectivity index (χ0v) is 14.5. The van der Waals surface area contributed by atoms with Crippen LogP contribution in [0.2, 0.25) is 0 Å². The van der Waals surface area contributed by atoms with Crippen LogP contribution in [0.4, 0.5) is 5.69 Å². The van der Waals surface area contributed by atoms with Crippen molar-refractivity contribution in [3.8, 4) is 5.69 Å². The van der Waals surface area contributed by atoms with Gasteiger partial charge < -0.3 is 9.67 Å². The second kappa shape index (κ2) is 6.77. The van der Waals surface area contributed by atoms with Crippen LogP contribution in [0.15, 0.2) is 59.6 Å². The van der Waals surface area contributed by atoms with Crippen LogP contribution in [0.3, 0.4) is 0 Å². The molecule has 2 aromatic carbocycles. The van der Waals surface area contributed by atoms with E-state index < -0.39 is 5.97 Å². The summed E-state index contributed by atoms with van der Waals surface area (Å²) in [6.07, 6.45) is 1.83. The van der Waals surface area contributed by atoms with Crippen LogP contribution >= 0.6 is 0 Å². The fourth-order valence-corrected chi connectivity index (χ4v) is 2.94. The SMILES string of the molecule is Cc1ccccc1-n1c(C)cc(C=Nc2ccc(C(=O)O)cc2)c1C. The number of aryl methyl sites for hydroxylation is 2. The largest absolute Gasteiger partial charge is 0.478 e. The molecule has 0 bridgehead atoms. The standard InChI is InChI=1S/C21H20N2O2/c1-14-6-4-5-7-20(14)23-15(2)12-18(16(23)3)13-22-19-10-8-17(9-11-19)21(24)25/h4-13H,1-3H3,(H,24,25). The van der Waals surface area contributed by atoms with Gasteiger partial charge in [0.1, 0.15) is 0 Å². The molecule has 126 valence electrons. The number of aromatic nitrogens is 1. The molecule has 0 saturated heterocycles. The first-order valence-electron chi connectivity index (χ1n) is 8.10. The van der Waals surface area contributed by atoms with E-state index in [0.717, 1.165) is 22.6 Å². The second-order valence-electron chi connectivity index (χ2n) is 6.06. The van der Waals surface area contributed by atoms with Gasteiger partial charge in [-0.3, -0.25) is 4.99 Å². The van der Waals surface area contributed by atoms with Crippen LogP contribution in [0.1, 0.15) is 32.9 Å². The van der Waals surface area contributed by atoms with Crippen LogP contribution in [0, 0.1) is 20.8 Å². The number of hydrogen-bond donors (Lipinski definition) is 1. The van der Waals surface area contributed by atoms with Crippen LogP contribution < -0.4 is 0 Å². The van der Waals surface area contributed by atoms with Crippen molar-refractivity contribution in [2.24, 2.45) is 4.99 Å². The van der Waals surface area contributed by atoms with Crippen molar-refractivity contribution in [2.75, 3.05) is 0 Å². The van der Waals surface area contributed by atoms with Gasteiger partial charge in [-0.05, 0) is 62.7 Å². The molecule has 0 amide bonds. The second-order valence-corrected chi connectivity index (χ2v) is 6.06. The highest BCUT2D eigenvalue weighted by atomic mass is 16.4. The number of aromatic carboxylic acids is 1. The maximum atomic E-state index is 10.9. The van der Waals surface area contributed by atoms with Crippen molar-refractivity contribution in [3.05, 3.63) is 82.7 Å². The summed E-state index contributed by atoms with van der Waals surface area (Å²) >= 11 is 0. The molecule has 1 heterocycles. The van der Waals surface area contributed by atoms with Crippen LogP contribution in [0.5, 0.6) is 0 Å². The summed E-state index contributed by atoms with van der Waals surface area (Å²) in [6, 6.07) is 16.9. The van der Waals surface area contributed by atoms with Crippen LogP contribution in [-0.4, -0.2) is 21.9 Å².